The van der Waals surface area contributed by atoms with Crippen molar-refractivity contribution in [1.29, 1.82) is 0 Å². The highest BCUT2D eigenvalue weighted by Crippen LogP contribution is 2.18. The van der Waals surface area contributed by atoms with Crippen molar-refractivity contribution in [2.24, 2.45) is 0 Å². The molecule has 3 heteroatoms. The Labute approximate surface area is 111 Å². The minimum absolute atomic E-state index is 0.190. The Morgan fingerprint density at radius 2 is 1.89 bits per heavy atom. The maximum atomic E-state index is 13.5. The minimum atomic E-state index is -0.190. The molecule has 0 aliphatic carbocycles. The monoisotopic (exact) mass is 261 g/mol. The lowest BCUT2D eigenvalue weighted by atomic mass is 10.2. The molecule has 0 saturated heterocycles. The molecule has 0 radical (unpaired) electrons. The van der Waals surface area contributed by atoms with Crippen LogP contribution in [0, 0.1) is 12.7 Å². The lowest BCUT2D eigenvalue weighted by Crippen LogP contribution is -2.05. The number of nitrogens with one attached hydrogen (secondary N) is 1. The van der Waals surface area contributed by atoms with Crippen molar-refractivity contribution >= 4 is 17.4 Å². The van der Waals surface area contributed by atoms with Gasteiger partial charge >= 0.3 is 0 Å². The molecule has 0 bridgehead atoms. The normalized spacial score (nSPS) is 10.3. The van der Waals surface area contributed by atoms with Crippen LogP contribution >= 0.6 is 11.8 Å². The molecule has 0 aliphatic rings. The van der Waals surface area contributed by atoms with Crippen LogP contribution in [0.15, 0.2) is 53.4 Å². The first-order chi connectivity index (χ1) is 8.75. The van der Waals surface area contributed by atoms with Gasteiger partial charge in [0, 0.05) is 17.2 Å². The van der Waals surface area contributed by atoms with E-state index >= 15 is 0 Å². The molecule has 18 heavy (non-hydrogen) atoms. The smallest absolute Gasteiger partial charge is 0.146 e. The Bertz CT molecular complexity index is 499. The van der Waals surface area contributed by atoms with Crippen LogP contribution in [0.25, 0.3) is 0 Å². The van der Waals surface area contributed by atoms with E-state index in [1.54, 1.807) is 17.8 Å². The Morgan fingerprint density at radius 1 is 1.11 bits per heavy atom. The number of anilines is 1. The molecule has 0 atom stereocenters. The lowest BCUT2D eigenvalue weighted by molar-refractivity contribution is 0.630. The van der Waals surface area contributed by atoms with E-state index in [0.717, 1.165) is 17.9 Å². The SMILES string of the molecule is Cc1ccc(F)c(NCCSc2ccccc2)c1. The number of halogens is 1. The van der Waals surface area contributed by atoms with Gasteiger partial charge in [0.05, 0.1) is 5.69 Å². The van der Waals surface area contributed by atoms with Gasteiger partial charge in [-0.15, -0.1) is 11.8 Å². The summed E-state index contributed by atoms with van der Waals surface area (Å²) in [7, 11) is 0. The number of rotatable bonds is 5. The summed E-state index contributed by atoms with van der Waals surface area (Å²) in [6, 6.07) is 15.3. The van der Waals surface area contributed by atoms with E-state index in [9.17, 15) is 4.39 Å². The second-order valence-electron chi connectivity index (χ2n) is 4.07. The summed E-state index contributed by atoms with van der Waals surface area (Å²) in [5, 5.41) is 3.13. The molecule has 0 heterocycles. The maximum absolute atomic E-state index is 13.5. The molecule has 1 nitrogen and oxygen atoms in total. The van der Waals surface area contributed by atoms with Crippen molar-refractivity contribution in [3.8, 4) is 0 Å². The topological polar surface area (TPSA) is 12.0 Å². The Hall–Kier alpha value is -1.48. The standard InChI is InChI=1S/C15H16FNS/c1-12-7-8-14(16)15(11-12)17-9-10-18-13-5-3-2-4-6-13/h2-8,11,17H,9-10H2,1H3. The Balaban J connectivity index is 1.80. The molecule has 0 fully saturated rings. The predicted octanol–water partition coefficient (Wildman–Crippen LogP) is 4.34. The molecule has 2 aromatic carbocycles. The van der Waals surface area contributed by atoms with Gasteiger partial charge in [-0.25, -0.2) is 4.39 Å². The van der Waals surface area contributed by atoms with Crippen LogP contribution in [0.5, 0.6) is 0 Å². The highest BCUT2D eigenvalue weighted by atomic mass is 32.2. The van der Waals surface area contributed by atoms with Gasteiger partial charge in [-0.05, 0) is 36.8 Å². The van der Waals surface area contributed by atoms with Gasteiger partial charge in [0.1, 0.15) is 5.82 Å². The zero-order valence-electron chi connectivity index (χ0n) is 10.3. The minimum Gasteiger partial charge on any atom is -0.382 e. The van der Waals surface area contributed by atoms with Crippen molar-refractivity contribution in [2.45, 2.75) is 11.8 Å². The molecule has 2 rings (SSSR count). The largest absolute Gasteiger partial charge is 0.382 e. The van der Waals surface area contributed by atoms with E-state index in [-0.39, 0.29) is 5.82 Å². The fraction of sp³-hybridized carbons (Fsp3) is 0.200. The van der Waals surface area contributed by atoms with Gasteiger partial charge in [-0.3, -0.25) is 0 Å². The fourth-order valence-corrected chi connectivity index (χ4v) is 2.44. The molecule has 1 N–H and O–H groups in total. The summed E-state index contributed by atoms with van der Waals surface area (Å²) < 4.78 is 13.5. The maximum Gasteiger partial charge on any atom is 0.146 e. The van der Waals surface area contributed by atoms with Gasteiger partial charge in [0.2, 0.25) is 0 Å². The molecular weight excluding hydrogens is 245 g/mol. The highest BCUT2D eigenvalue weighted by Gasteiger charge is 2.01. The average molecular weight is 261 g/mol. The van der Waals surface area contributed by atoms with Crippen molar-refractivity contribution in [3.63, 3.8) is 0 Å². The zero-order valence-corrected chi connectivity index (χ0v) is 11.1. The molecule has 0 spiro atoms. The van der Waals surface area contributed by atoms with Crippen LogP contribution in [0.2, 0.25) is 0 Å². The van der Waals surface area contributed by atoms with E-state index < -0.39 is 0 Å². The summed E-state index contributed by atoms with van der Waals surface area (Å²) in [4.78, 5) is 1.24. The summed E-state index contributed by atoms with van der Waals surface area (Å²) in [5.74, 6) is 0.725. The van der Waals surface area contributed by atoms with Crippen LogP contribution in [0.4, 0.5) is 10.1 Å². The third kappa shape index (κ3) is 3.77. The van der Waals surface area contributed by atoms with Crippen LogP contribution in [-0.4, -0.2) is 12.3 Å². The number of thioether (sulfide) groups is 1. The van der Waals surface area contributed by atoms with E-state index in [4.69, 9.17) is 0 Å². The van der Waals surface area contributed by atoms with Gasteiger partial charge in [-0.1, -0.05) is 24.3 Å². The summed E-state index contributed by atoms with van der Waals surface area (Å²) >= 11 is 1.76. The number of hydrogen-bond acceptors (Lipinski definition) is 2. The van der Waals surface area contributed by atoms with E-state index in [0.29, 0.717) is 5.69 Å². The summed E-state index contributed by atoms with van der Waals surface area (Å²) in [6.07, 6.45) is 0. The summed E-state index contributed by atoms with van der Waals surface area (Å²) in [6.45, 7) is 2.71. The second kappa shape index (κ2) is 6.45. The number of aryl methyl sites for hydroxylation is 1. The van der Waals surface area contributed by atoms with Gasteiger partial charge in [0.25, 0.3) is 0 Å². The third-order valence-electron chi connectivity index (χ3n) is 2.55. The fourth-order valence-electron chi connectivity index (χ4n) is 1.65. The Kier molecular flexibility index (Phi) is 4.65. The highest BCUT2D eigenvalue weighted by molar-refractivity contribution is 7.99. The quantitative estimate of drug-likeness (QED) is 0.635. The van der Waals surface area contributed by atoms with Crippen molar-refractivity contribution in [2.75, 3.05) is 17.6 Å². The van der Waals surface area contributed by atoms with E-state index in [2.05, 4.69) is 17.4 Å². The van der Waals surface area contributed by atoms with E-state index in [1.165, 1.54) is 11.0 Å². The van der Waals surface area contributed by atoms with Gasteiger partial charge in [0.15, 0.2) is 0 Å². The first kappa shape index (κ1) is 13.0. The van der Waals surface area contributed by atoms with Crippen molar-refractivity contribution in [1.82, 2.24) is 0 Å². The van der Waals surface area contributed by atoms with Crippen LogP contribution in [-0.2, 0) is 0 Å². The van der Waals surface area contributed by atoms with Gasteiger partial charge in [-0.2, -0.15) is 0 Å². The van der Waals surface area contributed by atoms with Crippen LogP contribution in [0.1, 0.15) is 5.56 Å². The summed E-state index contributed by atoms with van der Waals surface area (Å²) in [5.41, 5.74) is 1.65. The first-order valence-electron chi connectivity index (χ1n) is 5.93. The van der Waals surface area contributed by atoms with E-state index in [1.807, 2.05) is 31.2 Å². The van der Waals surface area contributed by atoms with Crippen molar-refractivity contribution < 1.29 is 4.39 Å². The molecule has 0 unspecified atom stereocenters. The Morgan fingerprint density at radius 3 is 2.67 bits per heavy atom. The molecular formula is C15H16FNS. The van der Waals surface area contributed by atoms with Crippen molar-refractivity contribution in [3.05, 3.63) is 59.9 Å². The zero-order chi connectivity index (χ0) is 12.8. The number of hydrogen-bond donors (Lipinski definition) is 1. The molecule has 94 valence electrons. The molecule has 2 aromatic rings. The van der Waals surface area contributed by atoms with Gasteiger partial charge < -0.3 is 5.32 Å². The number of benzene rings is 2. The predicted molar refractivity (Wildman–Crippen MR) is 76.8 cm³/mol. The molecule has 0 saturated carbocycles. The second-order valence-corrected chi connectivity index (χ2v) is 5.24. The van der Waals surface area contributed by atoms with Crippen LogP contribution in [0.3, 0.4) is 0 Å². The lowest BCUT2D eigenvalue weighted by Gasteiger charge is -2.08. The molecule has 0 aromatic heterocycles. The molecule has 0 amide bonds. The average Bonchev–Trinajstić information content (AvgIpc) is 2.40. The van der Waals surface area contributed by atoms with Crippen LogP contribution < -0.4 is 5.32 Å². The third-order valence-corrected chi connectivity index (χ3v) is 3.57. The first-order valence-corrected chi connectivity index (χ1v) is 6.92. The molecule has 0 aliphatic heterocycles.